The summed E-state index contributed by atoms with van der Waals surface area (Å²) in [7, 11) is 0. The number of rotatable bonds is 6. The number of nitrogens with one attached hydrogen (secondary N) is 1. The van der Waals surface area contributed by atoms with E-state index in [4.69, 9.17) is 0 Å². The molecule has 2 aromatic rings. The van der Waals surface area contributed by atoms with Crippen LogP contribution in [0, 0.1) is 0 Å². The summed E-state index contributed by atoms with van der Waals surface area (Å²) in [6, 6.07) is 11.6. The Morgan fingerprint density at radius 2 is 1.84 bits per heavy atom. The van der Waals surface area contributed by atoms with Gasteiger partial charge < -0.3 is 9.88 Å². The summed E-state index contributed by atoms with van der Waals surface area (Å²) >= 11 is 0. The Balaban J connectivity index is 2.14. The lowest BCUT2D eigenvalue weighted by atomic mass is 10.1. The molecular weight excluding hydrogens is 246 g/mol. The third-order valence-corrected chi connectivity index (χ3v) is 3.04. The summed E-state index contributed by atoms with van der Waals surface area (Å²) in [6.07, 6.45) is 1.70. The van der Waals surface area contributed by atoms with Gasteiger partial charge in [0.15, 0.2) is 0 Å². The van der Waals surface area contributed by atoms with Crippen molar-refractivity contribution < 1.29 is 8.78 Å². The van der Waals surface area contributed by atoms with Crippen LogP contribution < -0.4 is 5.32 Å². The molecule has 0 saturated heterocycles. The van der Waals surface area contributed by atoms with Crippen LogP contribution in [0.2, 0.25) is 0 Å². The lowest BCUT2D eigenvalue weighted by molar-refractivity contribution is -0.0228. The van der Waals surface area contributed by atoms with Crippen molar-refractivity contribution in [2.24, 2.45) is 0 Å². The SMILES string of the molecule is CCNCc1cccn1CC(F)(F)c1ccccc1. The van der Waals surface area contributed by atoms with Crippen molar-refractivity contribution in [1.82, 2.24) is 9.88 Å². The van der Waals surface area contributed by atoms with Gasteiger partial charge in [-0.15, -0.1) is 0 Å². The highest BCUT2D eigenvalue weighted by Crippen LogP contribution is 2.30. The molecule has 0 bridgehead atoms. The van der Waals surface area contributed by atoms with Crippen LogP contribution in [0.4, 0.5) is 8.78 Å². The minimum atomic E-state index is -2.86. The highest BCUT2D eigenvalue weighted by molar-refractivity contribution is 5.20. The Bertz CT molecular complexity index is 506. The zero-order valence-electron chi connectivity index (χ0n) is 10.9. The minimum Gasteiger partial charge on any atom is -0.344 e. The molecule has 0 radical (unpaired) electrons. The molecule has 0 amide bonds. The molecule has 2 nitrogen and oxygen atoms in total. The molecular formula is C15H18F2N2. The number of hydrogen-bond acceptors (Lipinski definition) is 1. The number of benzene rings is 1. The lowest BCUT2D eigenvalue weighted by Gasteiger charge is -2.19. The molecule has 0 aliphatic carbocycles. The van der Waals surface area contributed by atoms with Crippen molar-refractivity contribution in [3.63, 3.8) is 0 Å². The van der Waals surface area contributed by atoms with Crippen molar-refractivity contribution >= 4 is 0 Å². The summed E-state index contributed by atoms with van der Waals surface area (Å²) in [5.74, 6) is -2.86. The molecule has 4 heteroatoms. The zero-order valence-corrected chi connectivity index (χ0v) is 10.9. The molecule has 1 aromatic heterocycles. The van der Waals surface area contributed by atoms with E-state index in [1.807, 2.05) is 13.0 Å². The molecule has 1 N–H and O–H groups in total. The maximum absolute atomic E-state index is 14.2. The summed E-state index contributed by atoms with van der Waals surface area (Å²) in [5, 5.41) is 3.15. The predicted octanol–water partition coefficient (Wildman–Crippen LogP) is 3.39. The topological polar surface area (TPSA) is 17.0 Å². The second kappa shape index (κ2) is 5.97. The molecule has 1 aromatic carbocycles. The quantitative estimate of drug-likeness (QED) is 0.846. The van der Waals surface area contributed by atoms with Gasteiger partial charge in [0.1, 0.15) is 0 Å². The van der Waals surface area contributed by atoms with Gasteiger partial charge in [-0.2, -0.15) is 8.78 Å². The maximum Gasteiger partial charge on any atom is 0.290 e. The standard InChI is InChI=1S/C15H18F2N2/c1-2-18-11-14-9-6-10-19(14)12-15(16,17)13-7-4-3-5-8-13/h3-10,18H,2,11-12H2,1H3. The summed E-state index contributed by atoms with van der Waals surface area (Å²) in [5.41, 5.74) is 0.926. The van der Waals surface area contributed by atoms with E-state index in [0.29, 0.717) is 6.54 Å². The number of hydrogen-bond donors (Lipinski definition) is 1. The Morgan fingerprint density at radius 3 is 2.53 bits per heavy atom. The van der Waals surface area contributed by atoms with Gasteiger partial charge in [-0.1, -0.05) is 37.3 Å². The molecule has 2 rings (SSSR count). The van der Waals surface area contributed by atoms with Gasteiger partial charge in [-0.3, -0.25) is 0 Å². The van der Waals surface area contributed by atoms with Crippen molar-refractivity contribution in [1.29, 1.82) is 0 Å². The van der Waals surface area contributed by atoms with Gasteiger partial charge in [0.25, 0.3) is 5.92 Å². The maximum atomic E-state index is 14.2. The molecule has 0 unspecified atom stereocenters. The summed E-state index contributed by atoms with van der Waals surface area (Å²) in [6.45, 7) is 3.09. The fraction of sp³-hybridized carbons (Fsp3) is 0.333. The fourth-order valence-corrected chi connectivity index (χ4v) is 2.00. The highest BCUT2D eigenvalue weighted by atomic mass is 19.3. The van der Waals surface area contributed by atoms with E-state index < -0.39 is 5.92 Å². The average Bonchev–Trinajstić information content (AvgIpc) is 2.84. The Morgan fingerprint density at radius 1 is 1.11 bits per heavy atom. The first kappa shape index (κ1) is 13.7. The highest BCUT2D eigenvalue weighted by Gasteiger charge is 2.32. The predicted molar refractivity (Wildman–Crippen MR) is 72.1 cm³/mol. The van der Waals surface area contributed by atoms with Gasteiger partial charge in [0, 0.05) is 24.0 Å². The first-order chi connectivity index (χ1) is 9.13. The molecule has 102 valence electrons. The minimum absolute atomic E-state index is 0.0538. The molecule has 0 aliphatic heterocycles. The van der Waals surface area contributed by atoms with Crippen LogP contribution >= 0.6 is 0 Å². The van der Waals surface area contributed by atoms with E-state index in [1.165, 1.54) is 12.1 Å². The van der Waals surface area contributed by atoms with Crippen molar-refractivity contribution in [3.05, 3.63) is 59.9 Å². The van der Waals surface area contributed by atoms with E-state index >= 15 is 0 Å². The Hall–Kier alpha value is -1.68. The third kappa shape index (κ3) is 3.41. The van der Waals surface area contributed by atoms with Crippen LogP contribution in [0.3, 0.4) is 0 Å². The van der Waals surface area contributed by atoms with E-state index in [1.54, 1.807) is 35.0 Å². The van der Waals surface area contributed by atoms with Gasteiger partial charge in [-0.05, 0) is 18.7 Å². The molecule has 1 heterocycles. The lowest BCUT2D eigenvalue weighted by Crippen LogP contribution is -2.24. The molecule has 0 fully saturated rings. The van der Waals surface area contributed by atoms with Crippen molar-refractivity contribution in [2.75, 3.05) is 6.54 Å². The fourth-order valence-electron chi connectivity index (χ4n) is 2.00. The average molecular weight is 264 g/mol. The molecule has 0 aliphatic rings. The largest absolute Gasteiger partial charge is 0.344 e. The van der Waals surface area contributed by atoms with Crippen molar-refractivity contribution in [2.45, 2.75) is 25.9 Å². The summed E-state index contributed by atoms with van der Waals surface area (Å²) in [4.78, 5) is 0. The van der Waals surface area contributed by atoms with E-state index in [0.717, 1.165) is 12.2 Å². The van der Waals surface area contributed by atoms with Crippen LogP contribution in [0.15, 0.2) is 48.7 Å². The second-order valence-electron chi connectivity index (χ2n) is 4.48. The Labute approximate surface area is 112 Å². The number of aromatic nitrogens is 1. The number of nitrogens with zero attached hydrogens (tertiary/aromatic N) is 1. The van der Waals surface area contributed by atoms with Crippen molar-refractivity contribution in [3.8, 4) is 0 Å². The first-order valence-corrected chi connectivity index (χ1v) is 6.41. The molecule has 0 spiro atoms. The van der Waals surface area contributed by atoms with Gasteiger partial charge in [0.05, 0.1) is 6.54 Å². The molecule has 0 saturated carbocycles. The van der Waals surface area contributed by atoms with Gasteiger partial charge in [0.2, 0.25) is 0 Å². The third-order valence-electron chi connectivity index (χ3n) is 3.04. The smallest absolute Gasteiger partial charge is 0.290 e. The van der Waals surface area contributed by atoms with Crippen LogP contribution in [-0.4, -0.2) is 11.1 Å². The van der Waals surface area contributed by atoms with E-state index in [-0.39, 0.29) is 12.1 Å². The van der Waals surface area contributed by atoms with Gasteiger partial charge >= 0.3 is 0 Å². The molecule has 0 atom stereocenters. The van der Waals surface area contributed by atoms with E-state index in [9.17, 15) is 8.78 Å². The molecule has 19 heavy (non-hydrogen) atoms. The zero-order chi connectivity index (χ0) is 13.7. The second-order valence-corrected chi connectivity index (χ2v) is 4.48. The monoisotopic (exact) mass is 264 g/mol. The normalized spacial score (nSPS) is 11.7. The number of halogens is 2. The first-order valence-electron chi connectivity index (χ1n) is 6.41. The Kier molecular flexibility index (Phi) is 4.32. The summed E-state index contributed by atoms with van der Waals surface area (Å²) < 4.78 is 30.0. The van der Waals surface area contributed by atoms with Crippen LogP contribution in [-0.2, 0) is 19.0 Å². The van der Waals surface area contributed by atoms with E-state index in [2.05, 4.69) is 5.32 Å². The van der Waals surface area contributed by atoms with Gasteiger partial charge in [-0.25, -0.2) is 0 Å². The van der Waals surface area contributed by atoms with Crippen LogP contribution in [0.25, 0.3) is 0 Å². The van der Waals surface area contributed by atoms with Crippen LogP contribution in [0.5, 0.6) is 0 Å². The van der Waals surface area contributed by atoms with Crippen LogP contribution in [0.1, 0.15) is 18.2 Å². The number of alkyl halides is 2.